The van der Waals surface area contributed by atoms with Crippen molar-refractivity contribution in [1.82, 2.24) is 5.32 Å². The molecular weight excluding hydrogens is 214 g/mol. The quantitative estimate of drug-likeness (QED) is 0.734. The topological polar surface area (TPSA) is 30.5 Å². The van der Waals surface area contributed by atoms with Gasteiger partial charge in [0, 0.05) is 12.6 Å². The molecule has 1 aliphatic rings. The van der Waals surface area contributed by atoms with Crippen molar-refractivity contribution in [2.45, 2.75) is 25.4 Å². The van der Waals surface area contributed by atoms with Gasteiger partial charge in [-0.2, -0.15) is 0 Å². The molecule has 0 atom stereocenters. The minimum absolute atomic E-state index is 0.496. The highest BCUT2D eigenvalue weighted by Crippen LogP contribution is 2.28. The second-order valence-electron chi connectivity index (χ2n) is 4.24. The first-order chi connectivity index (χ1) is 8.33. The van der Waals surface area contributed by atoms with Crippen LogP contribution in [-0.4, -0.2) is 19.8 Å². The molecule has 2 rings (SSSR count). The van der Waals surface area contributed by atoms with Crippen LogP contribution in [0.15, 0.2) is 30.9 Å². The van der Waals surface area contributed by atoms with Crippen molar-refractivity contribution >= 4 is 0 Å². The van der Waals surface area contributed by atoms with Crippen LogP contribution in [0.3, 0.4) is 0 Å². The monoisotopic (exact) mass is 233 g/mol. The Bertz CT molecular complexity index is 386. The van der Waals surface area contributed by atoms with Gasteiger partial charge in [0.2, 0.25) is 0 Å². The third-order valence-corrected chi connectivity index (χ3v) is 2.76. The van der Waals surface area contributed by atoms with Crippen molar-refractivity contribution in [3.63, 3.8) is 0 Å². The molecule has 0 radical (unpaired) electrons. The molecule has 92 valence electrons. The first kappa shape index (κ1) is 12.0. The van der Waals surface area contributed by atoms with E-state index in [1.807, 2.05) is 12.1 Å². The number of ether oxygens (including phenoxy) is 2. The summed E-state index contributed by atoms with van der Waals surface area (Å²) in [4.78, 5) is 0. The van der Waals surface area contributed by atoms with E-state index in [2.05, 4.69) is 18.0 Å². The number of nitrogens with one attached hydrogen (secondary N) is 1. The Balaban J connectivity index is 2.00. The minimum Gasteiger partial charge on any atom is -0.493 e. The summed E-state index contributed by atoms with van der Waals surface area (Å²) in [5.74, 6) is 1.55. The van der Waals surface area contributed by atoms with Gasteiger partial charge in [0.05, 0.1) is 7.11 Å². The summed E-state index contributed by atoms with van der Waals surface area (Å²) in [6, 6.07) is 6.76. The van der Waals surface area contributed by atoms with E-state index in [4.69, 9.17) is 9.47 Å². The molecule has 1 aromatic rings. The van der Waals surface area contributed by atoms with Gasteiger partial charge in [-0.25, -0.2) is 0 Å². The van der Waals surface area contributed by atoms with Crippen LogP contribution in [0.4, 0.5) is 0 Å². The third-order valence-electron chi connectivity index (χ3n) is 2.76. The van der Waals surface area contributed by atoms with Crippen LogP contribution in [0.2, 0.25) is 0 Å². The summed E-state index contributed by atoms with van der Waals surface area (Å²) in [6.45, 7) is 5.02. The number of hydrogen-bond acceptors (Lipinski definition) is 3. The van der Waals surface area contributed by atoms with Crippen molar-refractivity contribution in [2.24, 2.45) is 0 Å². The minimum atomic E-state index is 0.496. The molecule has 0 bridgehead atoms. The molecule has 0 unspecified atom stereocenters. The third kappa shape index (κ3) is 3.49. The van der Waals surface area contributed by atoms with E-state index in [1.165, 1.54) is 18.4 Å². The predicted octanol–water partition coefficient (Wildman–Crippen LogP) is 2.51. The van der Waals surface area contributed by atoms with E-state index in [1.54, 1.807) is 13.2 Å². The summed E-state index contributed by atoms with van der Waals surface area (Å²) in [7, 11) is 1.66. The van der Waals surface area contributed by atoms with Gasteiger partial charge in [-0.15, -0.1) is 0 Å². The molecule has 0 aliphatic heterocycles. The number of methoxy groups -OCH3 is 1. The Hall–Kier alpha value is -1.48. The molecule has 17 heavy (non-hydrogen) atoms. The van der Waals surface area contributed by atoms with E-state index >= 15 is 0 Å². The van der Waals surface area contributed by atoms with Crippen LogP contribution in [-0.2, 0) is 6.54 Å². The summed E-state index contributed by atoms with van der Waals surface area (Å²) in [5.41, 5.74) is 1.22. The largest absolute Gasteiger partial charge is 0.493 e. The van der Waals surface area contributed by atoms with Crippen molar-refractivity contribution in [1.29, 1.82) is 0 Å². The Labute approximate surface area is 102 Å². The fourth-order valence-corrected chi connectivity index (χ4v) is 1.64. The summed E-state index contributed by atoms with van der Waals surface area (Å²) < 4.78 is 10.8. The molecule has 0 spiro atoms. The molecule has 0 amide bonds. The van der Waals surface area contributed by atoms with Crippen LogP contribution in [0.25, 0.3) is 0 Å². The van der Waals surface area contributed by atoms with Gasteiger partial charge in [0.25, 0.3) is 0 Å². The van der Waals surface area contributed by atoms with Crippen LogP contribution in [0, 0.1) is 0 Å². The van der Waals surface area contributed by atoms with Gasteiger partial charge in [0.1, 0.15) is 6.61 Å². The molecule has 1 N–H and O–H groups in total. The normalized spacial score (nSPS) is 14.4. The second-order valence-corrected chi connectivity index (χ2v) is 4.24. The maximum Gasteiger partial charge on any atom is 0.161 e. The van der Waals surface area contributed by atoms with Crippen molar-refractivity contribution < 1.29 is 9.47 Å². The highest BCUT2D eigenvalue weighted by Gasteiger charge is 2.20. The van der Waals surface area contributed by atoms with Crippen LogP contribution in [0.1, 0.15) is 18.4 Å². The molecule has 0 heterocycles. The van der Waals surface area contributed by atoms with E-state index in [-0.39, 0.29) is 0 Å². The lowest BCUT2D eigenvalue weighted by atomic mass is 10.2. The van der Waals surface area contributed by atoms with E-state index < -0.39 is 0 Å². The fourth-order valence-electron chi connectivity index (χ4n) is 1.64. The van der Waals surface area contributed by atoms with E-state index in [0.29, 0.717) is 6.61 Å². The maximum atomic E-state index is 5.51. The zero-order valence-electron chi connectivity index (χ0n) is 10.2. The molecule has 1 aliphatic carbocycles. The summed E-state index contributed by atoms with van der Waals surface area (Å²) >= 11 is 0. The Morgan fingerprint density at radius 1 is 1.41 bits per heavy atom. The van der Waals surface area contributed by atoms with Gasteiger partial charge in [-0.1, -0.05) is 18.7 Å². The SMILES string of the molecule is C=CCOc1ccc(CNC2CC2)cc1OC. The molecule has 3 nitrogen and oxygen atoms in total. The van der Waals surface area contributed by atoms with Gasteiger partial charge in [0.15, 0.2) is 11.5 Å². The van der Waals surface area contributed by atoms with Gasteiger partial charge in [-0.05, 0) is 30.5 Å². The lowest BCUT2D eigenvalue weighted by Crippen LogP contribution is -2.15. The number of hydrogen-bond donors (Lipinski definition) is 1. The zero-order valence-corrected chi connectivity index (χ0v) is 10.2. The molecule has 1 fully saturated rings. The van der Waals surface area contributed by atoms with Crippen molar-refractivity contribution in [3.05, 3.63) is 36.4 Å². The Morgan fingerprint density at radius 2 is 2.24 bits per heavy atom. The van der Waals surface area contributed by atoms with Crippen molar-refractivity contribution in [3.8, 4) is 11.5 Å². The molecule has 0 aromatic heterocycles. The van der Waals surface area contributed by atoms with Crippen molar-refractivity contribution in [2.75, 3.05) is 13.7 Å². The maximum absolute atomic E-state index is 5.51. The van der Waals surface area contributed by atoms with Gasteiger partial charge >= 0.3 is 0 Å². The van der Waals surface area contributed by atoms with Gasteiger partial charge in [-0.3, -0.25) is 0 Å². The van der Waals surface area contributed by atoms with Crippen LogP contribution >= 0.6 is 0 Å². The lowest BCUT2D eigenvalue weighted by molar-refractivity contribution is 0.326. The predicted molar refractivity (Wildman–Crippen MR) is 68.5 cm³/mol. The molecule has 1 aromatic carbocycles. The molecule has 0 saturated heterocycles. The summed E-state index contributed by atoms with van der Waals surface area (Å²) in [5, 5.41) is 3.47. The van der Waals surface area contributed by atoms with Gasteiger partial charge < -0.3 is 14.8 Å². The highest BCUT2D eigenvalue weighted by molar-refractivity contribution is 5.43. The molecule has 3 heteroatoms. The number of benzene rings is 1. The standard InChI is InChI=1S/C14H19NO2/c1-3-8-17-13-7-4-11(9-14(13)16-2)10-15-12-5-6-12/h3-4,7,9,12,15H,1,5-6,8,10H2,2H3. The fraction of sp³-hybridized carbons (Fsp3) is 0.429. The van der Waals surface area contributed by atoms with E-state index in [9.17, 15) is 0 Å². The summed E-state index contributed by atoms with van der Waals surface area (Å²) in [6.07, 6.45) is 4.33. The first-order valence-electron chi connectivity index (χ1n) is 5.97. The second kappa shape index (κ2) is 5.73. The average Bonchev–Trinajstić information content (AvgIpc) is 3.18. The van der Waals surface area contributed by atoms with E-state index in [0.717, 1.165) is 24.1 Å². The first-order valence-corrected chi connectivity index (χ1v) is 5.97. The molecule has 1 saturated carbocycles. The van der Waals surface area contributed by atoms with Crippen LogP contribution in [0.5, 0.6) is 11.5 Å². The lowest BCUT2D eigenvalue weighted by Gasteiger charge is -2.11. The molecular formula is C14H19NO2. The van der Waals surface area contributed by atoms with Crippen LogP contribution < -0.4 is 14.8 Å². The average molecular weight is 233 g/mol. The Kier molecular flexibility index (Phi) is 4.04. The zero-order chi connectivity index (χ0) is 12.1. The smallest absolute Gasteiger partial charge is 0.161 e. The number of rotatable bonds is 7. The highest BCUT2D eigenvalue weighted by atomic mass is 16.5. The Morgan fingerprint density at radius 3 is 2.88 bits per heavy atom.